The highest BCUT2D eigenvalue weighted by Crippen LogP contribution is 2.28. The Balaban J connectivity index is 1.37. The number of hydrogen-bond acceptors (Lipinski definition) is 6. The quantitative estimate of drug-likeness (QED) is 0.510. The Morgan fingerprint density at radius 1 is 1.11 bits per heavy atom. The van der Waals surface area contributed by atoms with Gasteiger partial charge in [-0.25, -0.2) is 4.68 Å². The fourth-order valence-electron chi connectivity index (χ4n) is 3.17. The first kappa shape index (κ1) is 18.4. The number of thioether (sulfide) groups is 1. The van der Waals surface area contributed by atoms with Crippen molar-refractivity contribution in [3.8, 4) is 5.75 Å². The molecule has 28 heavy (non-hydrogen) atoms. The lowest BCUT2D eigenvalue weighted by molar-refractivity contribution is -0.116. The third-order valence-corrected chi connectivity index (χ3v) is 5.51. The summed E-state index contributed by atoms with van der Waals surface area (Å²) in [6.07, 6.45) is 1.98. The third kappa shape index (κ3) is 3.96. The number of nitrogen functional groups attached to an aromatic ring is 1. The molecule has 1 aliphatic heterocycles. The molecule has 4 rings (SSSR count). The number of amides is 1. The monoisotopic (exact) mass is 395 g/mol. The number of ether oxygens (including phenoxy) is 1. The van der Waals surface area contributed by atoms with Gasteiger partial charge in [0, 0.05) is 12.2 Å². The van der Waals surface area contributed by atoms with Crippen molar-refractivity contribution in [3.05, 3.63) is 66.0 Å². The Morgan fingerprint density at radius 2 is 1.89 bits per heavy atom. The van der Waals surface area contributed by atoms with Gasteiger partial charge < -0.3 is 15.5 Å². The van der Waals surface area contributed by atoms with E-state index in [1.54, 1.807) is 0 Å². The highest BCUT2D eigenvalue weighted by atomic mass is 32.2. The Kier molecular flexibility index (Phi) is 5.48. The second-order valence-electron chi connectivity index (χ2n) is 6.44. The van der Waals surface area contributed by atoms with Crippen LogP contribution in [0.15, 0.2) is 59.8 Å². The molecule has 1 aromatic heterocycles. The summed E-state index contributed by atoms with van der Waals surface area (Å²) in [4.78, 5) is 14.6. The Bertz CT molecular complexity index is 960. The van der Waals surface area contributed by atoms with Crippen molar-refractivity contribution < 1.29 is 9.53 Å². The van der Waals surface area contributed by atoms with Crippen LogP contribution in [-0.2, 0) is 17.8 Å². The zero-order chi connectivity index (χ0) is 19.3. The van der Waals surface area contributed by atoms with Crippen molar-refractivity contribution in [3.63, 3.8) is 0 Å². The molecular weight excluding hydrogens is 374 g/mol. The molecule has 1 aliphatic rings. The van der Waals surface area contributed by atoms with Gasteiger partial charge in [0.25, 0.3) is 0 Å². The van der Waals surface area contributed by atoms with E-state index < -0.39 is 0 Å². The van der Waals surface area contributed by atoms with E-state index in [0.29, 0.717) is 11.0 Å². The first-order valence-corrected chi connectivity index (χ1v) is 10.1. The number of para-hydroxylation sites is 2. The van der Waals surface area contributed by atoms with Crippen LogP contribution in [0.4, 0.5) is 5.69 Å². The molecule has 2 aromatic carbocycles. The number of rotatable bonds is 6. The van der Waals surface area contributed by atoms with Gasteiger partial charge in [0.15, 0.2) is 5.82 Å². The van der Waals surface area contributed by atoms with Crippen LogP contribution in [0.3, 0.4) is 0 Å². The van der Waals surface area contributed by atoms with Crippen molar-refractivity contribution in [2.45, 2.75) is 24.6 Å². The first-order valence-electron chi connectivity index (χ1n) is 9.10. The van der Waals surface area contributed by atoms with Gasteiger partial charge in [0.05, 0.1) is 5.75 Å². The normalized spacial score (nSPS) is 13.2. The van der Waals surface area contributed by atoms with Crippen molar-refractivity contribution in [1.29, 1.82) is 0 Å². The molecule has 144 valence electrons. The van der Waals surface area contributed by atoms with Crippen molar-refractivity contribution in [2.75, 3.05) is 23.0 Å². The largest absolute Gasteiger partial charge is 0.486 e. The number of anilines is 1. The zero-order valence-electron chi connectivity index (χ0n) is 15.3. The van der Waals surface area contributed by atoms with E-state index in [2.05, 4.69) is 16.3 Å². The summed E-state index contributed by atoms with van der Waals surface area (Å²) in [5.41, 5.74) is 2.22. The average molecular weight is 395 g/mol. The van der Waals surface area contributed by atoms with E-state index >= 15 is 0 Å². The number of aromatic nitrogens is 3. The second-order valence-corrected chi connectivity index (χ2v) is 7.38. The van der Waals surface area contributed by atoms with Gasteiger partial charge in [-0.1, -0.05) is 48.2 Å². The predicted octanol–water partition coefficient (Wildman–Crippen LogP) is 2.64. The van der Waals surface area contributed by atoms with Gasteiger partial charge in [0.1, 0.15) is 12.4 Å². The molecule has 7 nitrogen and oxygen atoms in total. The molecule has 0 saturated carbocycles. The molecule has 2 heterocycles. The molecule has 0 radical (unpaired) electrons. The van der Waals surface area contributed by atoms with Gasteiger partial charge in [0.2, 0.25) is 11.1 Å². The summed E-state index contributed by atoms with van der Waals surface area (Å²) in [7, 11) is 0. The van der Waals surface area contributed by atoms with Crippen LogP contribution in [0.1, 0.15) is 17.8 Å². The number of carbonyl (C=O) groups is 1. The molecule has 8 heteroatoms. The van der Waals surface area contributed by atoms with E-state index in [9.17, 15) is 4.79 Å². The summed E-state index contributed by atoms with van der Waals surface area (Å²) in [6, 6.07) is 17.5. The lowest BCUT2D eigenvalue weighted by Gasteiger charge is -2.29. The maximum atomic E-state index is 12.7. The minimum Gasteiger partial charge on any atom is -0.486 e. The number of nitrogens with two attached hydrogens (primary N) is 1. The van der Waals surface area contributed by atoms with Gasteiger partial charge in [-0.15, -0.1) is 10.2 Å². The molecule has 0 spiro atoms. The highest BCUT2D eigenvalue weighted by Gasteiger charge is 2.23. The van der Waals surface area contributed by atoms with Gasteiger partial charge in [-0.2, -0.15) is 0 Å². The highest BCUT2D eigenvalue weighted by molar-refractivity contribution is 7.99. The fraction of sp³-hybridized carbons (Fsp3) is 0.250. The molecule has 0 fully saturated rings. The molecular formula is C20H21N5O2S. The lowest BCUT2D eigenvalue weighted by Crippen LogP contribution is -2.36. The molecule has 1 amide bonds. The number of benzene rings is 2. The molecule has 0 atom stereocenters. The van der Waals surface area contributed by atoms with Crippen LogP contribution in [0, 0.1) is 0 Å². The molecule has 0 aliphatic carbocycles. The molecule has 0 saturated heterocycles. The summed E-state index contributed by atoms with van der Waals surface area (Å²) in [6.45, 7) is 0.948. The zero-order valence-corrected chi connectivity index (χ0v) is 16.1. The Morgan fingerprint density at radius 3 is 2.75 bits per heavy atom. The van der Waals surface area contributed by atoms with E-state index in [1.165, 1.54) is 22.0 Å². The number of fused-ring (bicyclic) bond motifs is 1. The van der Waals surface area contributed by atoms with Crippen LogP contribution in [0.2, 0.25) is 0 Å². The SMILES string of the molecule is Nn1c(COc2ccccc2)nnc1SCC(=O)N1CCCc2ccccc21. The van der Waals surface area contributed by atoms with Gasteiger partial charge in [-0.05, 0) is 36.6 Å². The minimum absolute atomic E-state index is 0.0437. The number of carbonyl (C=O) groups excluding carboxylic acids is 1. The average Bonchev–Trinajstić information content (AvgIpc) is 3.10. The maximum absolute atomic E-state index is 12.7. The van der Waals surface area contributed by atoms with Crippen LogP contribution in [0.5, 0.6) is 5.75 Å². The first-order chi connectivity index (χ1) is 13.7. The Hall–Kier alpha value is -3.00. The van der Waals surface area contributed by atoms with E-state index in [1.807, 2.05) is 53.4 Å². The molecule has 0 unspecified atom stereocenters. The Labute approximate surface area is 167 Å². The van der Waals surface area contributed by atoms with E-state index in [4.69, 9.17) is 10.6 Å². The minimum atomic E-state index is 0.0437. The molecule has 2 N–H and O–H groups in total. The molecule has 3 aromatic rings. The van der Waals surface area contributed by atoms with Crippen LogP contribution in [0.25, 0.3) is 0 Å². The van der Waals surface area contributed by atoms with Crippen LogP contribution in [-0.4, -0.2) is 33.1 Å². The summed E-state index contributed by atoms with van der Waals surface area (Å²) in [5, 5.41) is 8.66. The van der Waals surface area contributed by atoms with Gasteiger partial charge in [-0.3, -0.25) is 4.79 Å². The van der Waals surface area contributed by atoms with E-state index in [-0.39, 0.29) is 18.3 Å². The standard InChI is InChI=1S/C20H21N5O2S/c21-25-18(13-27-16-9-2-1-3-10-16)22-23-20(25)28-14-19(26)24-12-6-8-15-7-4-5-11-17(15)24/h1-5,7,9-11H,6,8,12-14,21H2. The van der Waals surface area contributed by atoms with Crippen LogP contribution < -0.4 is 15.5 Å². The summed E-state index contributed by atoms with van der Waals surface area (Å²) < 4.78 is 7.04. The third-order valence-electron chi connectivity index (χ3n) is 4.58. The number of nitrogens with zero attached hydrogens (tertiary/aromatic N) is 4. The van der Waals surface area contributed by atoms with Gasteiger partial charge >= 0.3 is 0 Å². The maximum Gasteiger partial charge on any atom is 0.237 e. The van der Waals surface area contributed by atoms with Crippen molar-refractivity contribution >= 4 is 23.4 Å². The summed E-state index contributed by atoms with van der Waals surface area (Å²) >= 11 is 1.28. The van der Waals surface area contributed by atoms with E-state index in [0.717, 1.165) is 30.8 Å². The summed E-state index contributed by atoms with van der Waals surface area (Å²) in [5.74, 6) is 7.61. The molecule has 0 bridgehead atoms. The second kappa shape index (κ2) is 8.35. The van der Waals surface area contributed by atoms with Crippen molar-refractivity contribution in [1.82, 2.24) is 14.9 Å². The number of aryl methyl sites for hydroxylation is 1. The topological polar surface area (TPSA) is 86.3 Å². The smallest absolute Gasteiger partial charge is 0.237 e. The lowest BCUT2D eigenvalue weighted by atomic mass is 10.0. The van der Waals surface area contributed by atoms with Crippen molar-refractivity contribution in [2.24, 2.45) is 0 Å². The van der Waals surface area contributed by atoms with Crippen LogP contribution >= 0.6 is 11.8 Å². The predicted molar refractivity (Wildman–Crippen MR) is 109 cm³/mol. The fourth-order valence-corrected chi connectivity index (χ4v) is 3.92. The number of hydrogen-bond donors (Lipinski definition) is 1.